The van der Waals surface area contributed by atoms with Crippen molar-refractivity contribution < 1.29 is 0 Å². The monoisotopic (exact) mass is 443 g/mol. The molecule has 0 saturated carbocycles. The van der Waals surface area contributed by atoms with Gasteiger partial charge in [-0.3, -0.25) is 0 Å². The third-order valence-corrected chi connectivity index (χ3v) is 6.22. The average Bonchev–Trinajstić information content (AvgIpc) is 2.80. The van der Waals surface area contributed by atoms with E-state index in [4.69, 9.17) is 0 Å². The Kier molecular flexibility index (Phi) is 17.3. The molecule has 2 rings (SSSR count). The molecule has 1 N–H and O–H groups in total. The van der Waals surface area contributed by atoms with E-state index in [9.17, 15) is 0 Å². The number of nitrogens with one attached hydrogen (secondary N) is 1. The summed E-state index contributed by atoms with van der Waals surface area (Å²) in [5.41, 5.74) is 2.85. The summed E-state index contributed by atoms with van der Waals surface area (Å²) in [4.78, 5) is 0. The average molecular weight is 444 g/mol. The van der Waals surface area contributed by atoms with Gasteiger partial charge in [-0.25, -0.2) is 0 Å². The number of benzene rings is 2. The molecule has 0 atom stereocenters. The fraction of sp³-hybridized carbons (Fsp3) is 0.586. The molecule has 0 amide bonds. The molecule has 174 valence electrons. The lowest BCUT2D eigenvalue weighted by Gasteiger charge is -2.18. The van der Waals surface area contributed by atoms with E-state index in [-0.39, 0.29) is 12.4 Å². The van der Waals surface area contributed by atoms with Crippen LogP contribution in [0.5, 0.6) is 0 Å². The van der Waals surface area contributed by atoms with Gasteiger partial charge in [0.15, 0.2) is 0 Å². The van der Waals surface area contributed by atoms with Crippen molar-refractivity contribution in [3.63, 3.8) is 0 Å². The van der Waals surface area contributed by atoms with Crippen LogP contribution in [0.2, 0.25) is 0 Å². The summed E-state index contributed by atoms with van der Waals surface area (Å²) in [5, 5.41) is 3.69. The van der Waals surface area contributed by atoms with Gasteiger partial charge in [0.05, 0.1) is 0 Å². The summed E-state index contributed by atoms with van der Waals surface area (Å²) in [6.07, 6.45) is 18.2. The molecule has 0 aliphatic rings. The predicted octanol–water partition coefficient (Wildman–Crippen LogP) is 8.92. The van der Waals surface area contributed by atoms with Gasteiger partial charge < -0.3 is 5.32 Å². The molecule has 2 aromatic carbocycles. The molecule has 0 spiro atoms. The Labute approximate surface area is 198 Å². The van der Waals surface area contributed by atoms with Gasteiger partial charge in [0.2, 0.25) is 0 Å². The Morgan fingerprint density at radius 2 is 0.968 bits per heavy atom. The van der Waals surface area contributed by atoms with E-state index in [1.165, 1.54) is 88.2 Å². The van der Waals surface area contributed by atoms with Crippen LogP contribution >= 0.6 is 12.4 Å². The van der Waals surface area contributed by atoms with E-state index < -0.39 is 0 Å². The summed E-state index contributed by atoms with van der Waals surface area (Å²) in [6.45, 7) is 4.54. The van der Waals surface area contributed by atoms with Gasteiger partial charge in [-0.1, -0.05) is 138 Å². The molecule has 0 bridgehead atoms. The number of rotatable bonds is 18. The molecule has 2 aromatic rings. The van der Waals surface area contributed by atoms with Gasteiger partial charge in [0.25, 0.3) is 0 Å². The lowest BCUT2D eigenvalue weighted by molar-refractivity contribution is 0.530. The van der Waals surface area contributed by atoms with Crippen molar-refractivity contribution in [2.75, 3.05) is 13.1 Å². The number of unbranched alkanes of at least 4 members (excludes halogenated alkanes) is 11. The van der Waals surface area contributed by atoms with Gasteiger partial charge >= 0.3 is 0 Å². The smallest absolute Gasteiger partial charge is 0.0101 e. The Balaban J connectivity index is 0.00000480. The molecule has 1 nitrogen and oxygen atoms in total. The molecule has 31 heavy (non-hydrogen) atoms. The van der Waals surface area contributed by atoms with E-state index in [1.54, 1.807) is 0 Å². The summed E-state index contributed by atoms with van der Waals surface area (Å²) in [5.74, 6) is 0.488. The molecular weight excluding hydrogens is 398 g/mol. The quantitative estimate of drug-likeness (QED) is 0.227. The van der Waals surface area contributed by atoms with Crippen LogP contribution in [-0.4, -0.2) is 13.1 Å². The summed E-state index contributed by atoms with van der Waals surface area (Å²) < 4.78 is 0. The highest BCUT2D eigenvalue weighted by Gasteiger charge is 2.13. The van der Waals surface area contributed by atoms with E-state index >= 15 is 0 Å². The second-order valence-electron chi connectivity index (χ2n) is 8.80. The van der Waals surface area contributed by atoms with Crippen molar-refractivity contribution in [1.82, 2.24) is 5.32 Å². The van der Waals surface area contributed by atoms with Crippen LogP contribution in [0.15, 0.2) is 60.7 Å². The van der Waals surface area contributed by atoms with E-state index in [1.807, 2.05) is 0 Å². The Morgan fingerprint density at radius 3 is 1.42 bits per heavy atom. The van der Waals surface area contributed by atoms with Gasteiger partial charge in [0.1, 0.15) is 0 Å². The lowest BCUT2D eigenvalue weighted by atomic mass is 9.88. The first kappa shape index (κ1) is 27.7. The molecule has 0 fully saturated rings. The summed E-state index contributed by atoms with van der Waals surface area (Å²) in [6, 6.07) is 21.9. The molecule has 0 aromatic heterocycles. The van der Waals surface area contributed by atoms with Crippen molar-refractivity contribution in [2.24, 2.45) is 0 Å². The highest BCUT2D eigenvalue weighted by Crippen LogP contribution is 2.27. The van der Waals surface area contributed by atoms with Gasteiger partial charge in [-0.05, 0) is 37.1 Å². The molecule has 0 aliphatic carbocycles. The Bertz CT molecular complexity index is 574. The first-order valence-corrected chi connectivity index (χ1v) is 12.7. The zero-order valence-corrected chi connectivity index (χ0v) is 20.7. The fourth-order valence-electron chi connectivity index (χ4n) is 4.36. The molecule has 0 aliphatic heterocycles. The largest absolute Gasteiger partial charge is 0.317 e. The normalized spacial score (nSPS) is 10.9. The maximum absolute atomic E-state index is 3.69. The highest BCUT2D eigenvalue weighted by atomic mass is 35.5. The minimum atomic E-state index is 0. The fourth-order valence-corrected chi connectivity index (χ4v) is 4.36. The summed E-state index contributed by atoms with van der Waals surface area (Å²) in [7, 11) is 0. The second kappa shape index (κ2) is 19.4. The maximum atomic E-state index is 3.69. The van der Waals surface area contributed by atoms with Crippen LogP contribution in [0.25, 0.3) is 0 Å². The maximum Gasteiger partial charge on any atom is 0.0101 e. The Hall–Kier alpha value is -1.31. The van der Waals surface area contributed by atoms with Gasteiger partial charge in [-0.2, -0.15) is 0 Å². The zero-order valence-electron chi connectivity index (χ0n) is 19.9. The van der Waals surface area contributed by atoms with Crippen LogP contribution in [0.4, 0.5) is 0 Å². The topological polar surface area (TPSA) is 12.0 Å². The van der Waals surface area contributed by atoms with Crippen molar-refractivity contribution >= 4 is 12.4 Å². The molecule has 0 radical (unpaired) electrons. The van der Waals surface area contributed by atoms with Crippen LogP contribution in [0.3, 0.4) is 0 Å². The predicted molar refractivity (Wildman–Crippen MR) is 141 cm³/mol. The van der Waals surface area contributed by atoms with Crippen molar-refractivity contribution in [3.8, 4) is 0 Å². The Morgan fingerprint density at radius 1 is 0.548 bits per heavy atom. The molecule has 0 unspecified atom stereocenters. The lowest BCUT2D eigenvalue weighted by Crippen LogP contribution is -2.19. The first-order chi connectivity index (χ1) is 14.9. The second-order valence-corrected chi connectivity index (χ2v) is 8.80. The minimum absolute atomic E-state index is 0. The van der Waals surface area contributed by atoms with E-state index in [0.29, 0.717) is 5.92 Å². The number of hydrogen-bond donors (Lipinski definition) is 1. The van der Waals surface area contributed by atoms with Crippen LogP contribution < -0.4 is 5.32 Å². The van der Waals surface area contributed by atoms with Crippen LogP contribution in [0.1, 0.15) is 107 Å². The zero-order chi connectivity index (χ0) is 21.1. The third-order valence-electron chi connectivity index (χ3n) is 6.22. The summed E-state index contributed by atoms with van der Waals surface area (Å²) >= 11 is 0. The van der Waals surface area contributed by atoms with Gasteiger partial charge in [-0.15, -0.1) is 12.4 Å². The molecule has 0 heterocycles. The van der Waals surface area contributed by atoms with Crippen LogP contribution in [-0.2, 0) is 0 Å². The minimum Gasteiger partial charge on any atom is -0.317 e. The first-order valence-electron chi connectivity index (χ1n) is 12.7. The number of hydrogen-bond acceptors (Lipinski definition) is 1. The number of halogens is 1. The molecule has 0 saturated heterocycles. The van der Waals surface area contributed by atoms with Gasteiger partial charge in [0, 0.05) is 5.92 Å². The van der Waals surface area contributed by atoms with Crippen LogP contribution in [0, 0.1) is 0 Å². The van der Waals surface area contributed by atoms with Crippen molar-refractivity contribution in [3.05, 3.63) is 71.8 Å². The van der Waals surface area contributed by atoms with Crippen molar-refractivity contribution in [2.45, 2.75) is 96.3 Å². The van der Waals surface area contributed by atoms with E-state index in [0.717, 1.165) is 19.5 Å². The molecular formula is C29H46ClN. The standard InChI is InChI=1S/C29H45N.ClH/c1-2-3-4-5-6-7-8-9-10-11-12-19-25-30-26-24-29(27-20-15-13-16-21-27)28-22-17-14-18-23-28;/h13-18,20-23,29-30H,2-12,19,24-26H2,1H3;1H. The van der Waals surface area contributed by atoms with Crippen molar-refractivity contribution in [1.29, 1.82) is 0 Å². The van der Waals surface area contributed by atoms with E-state index in [2.05, 4.69) is 72.9 Å². The SMILES string of the molecule is CCCCCCCCCCCCCCNCCC(c1ccccc1)c1ccccc1.Cl. The molecule has 2 heteroatoms. The highest BCUT2D eigenvalue weighted by molar-refractivity contribution is 5.85. The third kappa shape index (κ3) is 13.0.